The highest BCUT2D eigenvalue weighted by molar-refractivity contribution is 5.51. The largest absolute Gasteiger partial charge is 0.491 e. The van der Waals surface area contributed by atoms with Gasteiger partial charge in [0.25, 0.3) is 0 Å². The van der Waals surface area contributed by atoms with Gasteiger partial charge in [-0.1, -0.05) is 0 Å². The van der Waals surface area contributed by atoms with Crippen molar-refractivity contribution in [3.8, 4) is 17.2 Å². The van der Waals surface area contributed by atoms with Crippen molar-refractivity contribution in [1.82, 2.24) is 5.32 Å². The van der Waals surface area contributed by atoms with Crippen LogP contribution in [0.4, 0.5) is 0 Å². The molecular formula is C13H17NO4. The summed E-state index contributed by atoms with van der Waals surface area (Å²) in [4.78, 5) is 0. The first-order chi connectivity index (χ1) is 8.86. The van der Waals surface area contributed by atoms with E-state index in [1.807, 2.05) is 12.1 Å². The number of fused-ring (bicyclic) bond motifs is 1. The molecule has 0 aromatic heterocycles. The van der Waals surface area contributed by atoms with E-state index < -0.39 is 0 Å². The number of benzene rings is 1. The lowest BCUT2D eigenvalue weighted by Gasteiger charge is -2.12. The van der Waals surface area contributed by atoms with Gasteiger partial charge < -0.3 is 24.6 Å². The molecule has 0 saturated heterocycles. The van der Waals surface area contributed by atoms with Gasteiger partial charge in [-0.3, -0.25) is 0 Å². The van der Waals surface area contributed by atoms with E-state index in [9.17, 15) is 0 Å². The summed E-state index contributed by atoms with van der Waals surface area (Å²) in [6, 6.07) is 4.42. The van der Waals surface area contributed by atoms with Crippen molar-refractivity contribution in [2.24, 2.45) is 0 Å². The molecule has 0 radical (unpaired) electrons. The van der Waals surface area contributed by atoms with E-state index in [-0.39, 0.29) is 20.0 Å². The van der Waals surface area contributed by atoms with Gasteiger partial charge in [0.1, 0.15) is 12.4 Å². The molecule has 1 aliphatic carbocycles. The van der Waals surface area contributed by atoms with Crippen LogP contribution in [0.5, 0.6) is 17.2 Å². The van der Waals surface area contributed by atoms with Crippen molar-refractivity contribution in [3.05, 3.63) is 17.7 Å². The molecular weight excluding hydrogens is 234 g/mol. The van der Waals surface area contributed by atoms with Crippen LogP contribution in [0.1, 0.15) is 18.4 Å². The lowest BCUT2D eigenvalue weighted by atomic mass is 10.1. The lowest BCUT2D eigenvalue weighted by Crippen LogP contribution is -2.16. The fourth-order valence-electron chi connectivity index (χ4n) is 1.94. The molecule has 5 nitrogen and oxygen atoms in total. The van der Waals surface area contributed by atoms with E-state index >= 15 is 0 Å². The fraction of sp³-hybridized carbons (Fsp3) is 0.538. The number of hydrogen-bond donors (Lipinski definition) is 2. The van der Waals surface area contributed by atoms with Gasteiger partial charge in [-0.25, -0.2) is 0 Å². The number of hydrogen-bond acceptors (Lipinski definition) is 5. The van der Waals surface area contributed by atoms with Crippen LogP contribution in [0.15, 0.2) is 12.1 Å². The molecule has 0 amide bonds. The standard InChI is InChI=1S/C13H17NO4/c15-3-4-16-11-6-13-12(17-8-18-13)5-9(11)7-14-10-1-2-10/h5-6,10,14-15H,1-4,7-8H2. The third-order valence-corrected chi connectivity index (χ3v) is 3.06. The molecule has 0 bridgehead atoms. The molecule has 2 N–H and O–H groups in total. The number of aliphatic hydroxyl groups is 1. The van der Waals surface area contributed by atoms with E-state index in [4.69, 9.17) is 19.3 Å². The monoisotopic (exact) mass is 251 g/mol. The van der Waals surface area contributed by atoms with Crippen molar-refractivity contribution in [1.29, 1.82) is 0 Å². The van der Waals surface area contributed by atoms with Crippen molar-refractivity contribution < 1.29 is 19.3 Å². The maximum absolute atomic E-state index is 8.84. The lowest BCUT2D eigenvalue weighted by molar-refractivity contribution is 0.173. The first-order valence-corrected chi connectivity index (χ1v) is 6.26. The van der Waals surface area contributed by atoms with Crippen molar-refractivity contribution in [2.45, 2.75) is 25.4 Å². The first-order valence-electron chi connectivity index (χ1n) is 6.26. The smallest absolute Gasteiger partial charge is 0.231 e. The highest BCUT2D eigenvalue weighted by Gasteiger charge is 2.22. The minimum Gasteiger partial charge on any atom is -0.491 e. The van der Waals surface area contributed by atoms with Gasteiger partial charge >= 0.3 is 0 Å². The summed E-state index contributed by atoms with van der Waals surface area (Å²) in [6.45, 7) is 1.30. The molecule has 1 aliphatic heterocycles. The molecule has 1 heterocycles. The zero-order valence-corrected chi connectivity index (χ0v) is 10.1. The molecule has 5 heteroatoms. The Kier molecular flexibility index (Phi) is 3.25. The van der Waals surface area contributed by atoms with E-state index in [1.54, 1.807) is 0 Å². The quantitative estimate of drug-likeness (QED) is 0.791. The van der Waals surface area contributed by atoms with Crippen LogP contribution < -0.4 is 19.5 Å². The summed E-state index contributed by atoms with van der Waals surface area (Å²) >= 11 is 0. The Balaban J connectivity index is 1.78. The summed E-state index contributed by atoms with van der Waals surface area (Å²) in [5, 5.41) is 12.3. The molecule has 0 unspecified atom stereocenters. The topological polar surface area (TPSA) is 60.0 Å². The summed E-state index contributed by atoms with van der Waals surface area (Å²) in [5.74, 6) is 2.22. The Bertz CT molecular complexity index is 431. The van der Waals surface area contributed by atoms with E-state index in [0.29, 0.717) is 11.8 Å². The van der Waals surface area contributed by atoms with Gasteiger partial charge in [-0.15, -0.1) is 0 Å². The predicted octanol–water partition coefficient (Wildman–Crippen LogP) is 1.04. The highest BCUT2D eigenvalue weighted by atomic mass is 16.7. The van der Waals surface area contributed by atoms with Crippen molar-refractivity contribution >= 4 is 0 Å². The third-order valence-electron chi connectivity index (χ3n) is 3.06. The SMILES string of the molecule is OCCOc1cc2c(cc1CNC1CC1)OCO2. The summed E-state index contributed by atoms with van der Waals surface area (Å²) in [5.41, 5.74) is 1.04. The maximum Gasteiger partial charge on any atom is 0.231 e. The number of aliphatic hydroxyl groups excluding tert-OH is 1. The average molecular weight is 251 g/mol. The number of nitrogens with one attached hydrogen (secondary N) is 1. The molecule has 1 saturated carbocycles. The fourth-order valence-corrected chi connectivity index (χ4v) is 1.94. The van der Waals surface area contributed by atoms with Crippen LogP contribution in [0, 0.1) is 0 Å². The number of ether oxygens (including phenoxy) is 3. The van der Waals surface area contributed by atoms with E-state index in [0.717, 1.165) is 23.6 Å². The normalized spacial score (nSPS) is 16.9. The van der Waals surface area contributed by atoms with Gasteiger partial charge in [0.15, 0.2) is 11.5 Å². The summed E-state index contributed by atoms with van der Waals surface area (Å²) < 4.78 is 16.2. The average Bonchev–Trinajstić information content (AvgIpc) is 3.10. The van der Waals surface area contributed by atoms with Crippen molar-refractivity contribution in [3.63, 3.8) is 0 Å². The molecule has 1 aromatic carbocycles. The second-order valence-corrected chi connectivity index (χ2v) is 4.54. The molecule has 18 heavy (non-hydrogen) atoms. The predicted molar refractivity (Wildman–Crippen MR) is 65.0 cm³/mol. The van der Waals surface area contributed by atoms with Gasteiger partial charge in [-0.2, -0.15) is 0 Å². The second-order valence-electron chi connectivity index (χ2n) is 4.54. The maximum atomic E-state index is 8.84. The third kappa shape index (κ3) is 2.52. The van der Waals surface area contributed by atoms with Crippen LogP contribution in [-0.4, -0.2) is 31.2 Å². The minimum absolute atomic E-state index is 0.00390. The highest BCUT2D eigenvalue weighted by Crippen LogP contribution is 2.38. The molecule has 3 rings (SSSR count). The van der Waals surface area contributed by atoms with Crippen LogP contribution >= 0.6 is 0 Å². The minimum atomic E-state index is 0.00390. The zero-order chi connectivity index (χ0) is 12.4. The molecule has 0 spiro atoms. The van der Waals surface area contributed by atoms with Crippen LogP contribution in [-0.2, 0) is 6.54 Å². The van der Waals surface area contributed by atoms with Gasteiger partial charge in [0.2, 0.25) is 6.79 Å². The van der Waals surface area contributed by atoms with Crippen LogP contribution in [0.3, 0.4) is 0 Å². The molecule has 0 atom stereocenters. The van der Waals surface area contributed by atoms with Gasteiger partial charge in [-0.05, 0) is 18.9 Å². The molecule has 98 valence electrons. The Hall–Kier alpha value is -1.46. The van der Waals surface area contributed by atoms with Crippen LogP contribution in [0.25, 0.3) is 0 Å². The van der Waals surface area contributed by atoms with Gasteiger partial charge in [0, 0.05) is 24.2 Å². The second kappa shape index (κ2) is 5.04. The number of rotatable bonds is 6. The zero-order valence-electron chi connectivity index (χ0n) is 10.1. The van der Waals surface area contributed by atoms with Crippen LogP contribution in [0.2, 0.25) is 0 Å². The molecule has 1 aromatic rings. The molecule has 1 fully saturated rings. The summed E-state index contributed by atoms with van der Waals surface area (Å²) in [6.07, 6.45) is 2.49. The Morgan fingerprint density at radius 1 is 1.28 bits per heavy atom. The van der Waals surface area contributed by atoms with E-state index in [2.05, 4.69) is 5.32 Å². The Labute approximate surface area is 106 Å². The summed E-state index contributed by atoms with van der Waals surface area (Å²) in [7, 11) is 0. The molecule has 2 aliphatic rings. The van der Waals surface area contributed by atoms with Gasteiger partial charge in [0.05, 0.1) is 6.61 Å². The van der Waals surface area contributed by atoms with Crippen molar-refractivity contribution in [2.75, 3.05) is 20.0 Å². The van der Waals surface area contributed by atoms with E-state index in [1.165, 1.54) is 12.8 Å². The Morgan fingerprint density at radius 2 is 2.06 bits per heavy atom. The Morgan fingerprint density at radius 3 is 2.78 bits per heavy atom. The first kappa shape index (κ1) is 11.6.